The van der Waals surface area contributed by atoms with Gasteiger partial charge in [-0.15, -0.1) is 0 Å². The van der Waals surface area contributed by atoms with Crippen LogP contribution < -0.4 is 5.32 Å². The molecule has 17 heavy (non-hydrogen) atoms. The maximum atomic E-state index is 6.07. The molecular formula is C14H29NO2. The van der Waals surface area contributed by atoms with Crippen molar-refractivity contribution in [2.45, 2.75) is 52.2 Å². The van der Waals surface area contributed by atoms with Crippen molar-refractivity contribution >= 4 is 0 Å². The van der Waals surface area contributed by atoms with Crippen LogP contribution in [0.15, 0.2) is 0 Å². The number of ether oxygens (including phenoxy) is 2. The minimum Gasteiger partial charge on any atom is -0.385 e. The zero-order chi connectivity index (χ0) is 12.7. The van der Waals surface area contributed by atoms with E-state index in [1.165, 1.54) is 12.8 Å². The van der Waals surface area contributed by atoms with Crippen molar-refractivity contribution in [3.8, 4) is 0 Å². The monoisotopic (exact) mass is 243 g/mol. The van der Waals surface area contributed by atoms with Crippen LogP contribution in [0.2, 0.25) is 0 Å². The van der Waals surface area contributed by atoms with Crippen molar-refractivity contribution in [2.24, 2.45) is 11.8 Å². The van der Waals surface area contributed by atoms with Crippen LogP contribution in [0.3, 0.4) is 0 Å². The molecule has 0 heterocycles. The Morgan fingerprint density at radius 3 is 2.59 bits per heavy atom. The second-order valence-electron chi connectivity index (χ2n) is 5.40. The van der Waals surface area contributed by atoms with Gasteiger partial charge in [0.15, 0.2) is 0 Å². The van der Waals surface area contributed by atoms with Crippen LogP contribution in [0.4, 0.5) is 0 Å². The Morgan fingerprint density at radius 1 is 1.18 bits per heavy atom. The van der Waals surface area contributed by atoms with Crippen molar-refractivity contribution in [2.75, 3.05) is 26.9 Å². The van der Waals surface area contributed by atoms with Gasteiger partial charge in [-0.05, 0) is 37.6 Å². The topological polar surface area (TPSA) is 30.5 Å². The third-order valence-electron chi connectivity index (χ3n) is 3.66. The molecule has 1 aliphatic carbocycles. The van der Waals surface area contributed by atoms with Crippen molar-refractivity contribution in [3.63, 3.8) is 0 Å². The molecule has 0 bridgehead atoms. The first-order valence-electron chi connectivity index (χ1n) is 7.02. The average molecular weight is 243 g/mol. The number of methoxy groups -OCH3 is 1. The first-order chi connectivity index (χ1) is 8.19. The molecule has 3 heteroatoms. The minimum atomic E-state index is 0.378. The van der Waals surface area contributed by atoms with Crippen LogP contribution in [0.1, 0.15) is 40.0 Å². The zero-order valence-corrected chi connectivity index (χ0v) is 11.9. The van der Waals surface area contributed by atoms with E-state index in [0.29, 0.717) is 18.1 Å². The molecular weight excluding hydrogens is 214 g/mol. The Balaban J connectivity index is 2.40. The molecule has 0 radical (unpaired) electrons. The van der Waals surface area contributed by atoms with E-state index in [1.807, 2.05) is 0 Å². The SMILES string of the molecule is CCNC1CC(C)CC(C)C1OCCCOC. The lowest BCUT2D eigenvalue weighted by molar-refractivity contribution is -0.0421. The van der Waals surface area contributed by atoms with E-state index in [9.17, 15) is 0 Å². The van der Waals surface area contributed by atoms with E-state index in [-0.39, 0.29) is 0 Å². The molecule has 1 saturated carbocycles. The van der Waals surface area contributed by atoms with Gasteiger partial charge in [-0.2, -0.15) is 0 Å². The van der Waals surface area contributed by atoms with Crippen molar-refractivity contribution in [1.82, 2.24) is 5.32 Å². The Kier molecular flexibility index (Phi) is 7.09. The predicted molar refractivity (Wildman–Crippen MR) is 71.3 cm³/mol. The second-order valence-corrected chi connectivity index (χ2v) is 5.40. The summed E-state index contributed by atoms with van der Waals surface area (Å²) in [6, 6.07) is 0.529. The molecule has 3 nitrogen and oxygen atoms in total. The quantitative estimate of drug-likeness (QED) is 0.697. The first-order valence-corrected chi connectivity index (χ1v) is 7.02. The summed E-state index contributed by atoms with van der Waals surface area (Å²) in [5, 5.41) is 3.58. The molecule has 1 N–H and O–H groups in total. The Labute approximate surface area is 106 Å². The second kappa shape index (κ2) is 8.06. The highest BCUT2D eigenvalue weighted by Crippen LogP contribution is 2.31. The molecule has 4 unspecified atom stereocenters. The number of likely N-dealkylation sites (N-methyl/N-ethyl adjacent to an activating group) is 1. The van der Waals surface area contributed by atoms with Crippen LogP contribution in [0, 0.1) is 11.8 Å². The summed E-state index contributed by atoms with van der Waals surface area (Å²) in [7, 11) is 1.74. The summed E-state index contributed by atoms with van der Waals surface area (Å²) in [6.07, 6.45) is 3.90. The molecule has 0 amide bonds. The summed E-state index contributed by atoms with van der Waals surface area (Å²) in [6.45, 7) is 9.49. The lowest BCUT2D eigenvalue weighted by atomic mass is 9.78. The maximum absolute atomic E-state index is 6.07. The third-order valence-corrected chi connectivity index (χ3v) is 3.66. The van der Waals surface area contributed by atoms with E-state index in [1.54, 1.807) is 7.11 Å². The van der Waals surface area contributed by atoms with Crippen molar-refractivity contribution in [3.05, 3.63) is 0 Å². The smallest absolute Gasteiger partial charge is 0.0753 e. The highest BCUT2D eigenvalue weighted by Gasteiger charge is 2.33. The van der Waals surface area contributed by atoms with E-state index in [4.69, 9.17) is 9.47 Å². The van der Waals surface area contributed by atoms with Crippen LogP contribution in [0.5, 0.6) is 0 Å². The van der Waals surface area contributed by atoms with Gasteiger partial charge in [0.05, 0.1) is 6.10 Å². The molecule has 1 rings (SSSR count). The number of rotatable bonds is 7. The fourth-order valence-corrected chi connectivity index (χ4v) is 2.99. The van der Waals surface area contributed by atoms with Gasteiger partial charge in [0.25, 0.3) is 0 Å². The van der Waals surface area contributed by atoms with Gasteiger partial charge in [-0.1, -0.05) is 20.8 Å². The minimum absolute atomic E-state index is 0.378. The fraction of sp³-hybridized carbons (Fsp3) is 1.00. The van der Waals surface area contributed by atoms with Gasteiger partial charge in [0.1, 0.15) is 0 Å². The average Bonchev–Trinajstić information content (AvgIpc) is 2.27. The van der Waals surface area contributed by atoms with E-state index in [0.717, 1.165) is 32.1 Å². The summed E-state index contributed by atoms with van der Waals surface area (Å²) in [4.78, 5) is 0. The lowest BCUT2D eigenvalue weighted by Gasteiger charge is -2.39. The number of hydrogen-bond donors (Lipinski definition) is 1. The summed E-state index contributed by atoms with van der Waals surface area (Å²) in [5.74, 6) is 1.47. The maximum Gasteiger partial charge on any atom is 0.0753 e. The highest BCUT2D eigenvalue weighted by molar-refractivity contribution is 4.88. The Hall–Kier alpha value is -0.120. The van der Waals surface area contributed by atoms with Crippen LogP contribution >= 0.6 is 0 Å². The molecule has 0 aromatic carbocycles. The van der Waals surface area contributed by atoms with Gasteiger partial charge in [-0.25, -0.2) is 0 Å². The molecule has 1 aliphatic rings. The molecule has 0 aromatic rings. The first kappa shape index (κ1) is 14.9. The van der Waals surface area contributed by atoms with Gasteiger partial charge < -0.3 is 14.8 Å². The fourth-order valence-electron chi connectivity index (χ4n) is 2.99. The standard InChI is InChI=1S/C14H29NO2/c1-5-15-13-10-11(2)9-12(3)14(13)17-8-6-7-16-4/h11-15H,5-10H2,1-4H3. The lowest BCUT2D eigenvalue weighted by Crippen LogP contribution is -2.49. The third kappa shape index (κ3) is 4.94. The van der Waals surface area contributed by atoms with Gasteiger partial charge in [0, 0.05) is 26.4 Å². The number of hydrogen-bond acceptors (Lipinski definition) is 3. The molecule has 0 saturated heterocycles. The summed E-state index contributed by atoms with van der Waals surface area (Å²) >= 11 is 0. The Bertz CT molecular complexity index is 199. The molecule has 0 spiro atoms. The van der Waals surface area contributed by atoms with Gasteiger partial charge >= 0.3 is 0 Å². The van der Waals surface area contributed by atoms with Crippen LogP contribution in [-0.4, -0.2) is 39.0 Å². The van der Waals surface area contributed by atoms with Crippen LogP contribution in [-0.2, 0) is 9.47 Å². The summed E-state index contributed by atoms with van der Waals surface area (Å²) in [5.41, 5.74) is 0. The molecule has 1 fully saturated rings. The van der Waals surface area contributed by atoms with Crippen molar-refractivity contribution in [1.29, 1.82) is 0 Å². The number of nitrogens with one attached hydrogen (secondary N) is 1. The van der Waals surface area contributed by atoms with Crippen molar-refractivity contribution < 1.29 is 9.47 Å². The van der Waals surface area contributed by atoms with Crippen LogP contribution in [0.25, 0.3) is 0 Å². The molecule has 0 aromatic heterocycles. The van der Waals surface area contributed by atoms with Gasteiger partial charge in [0.2, 0.25) is 0 Å². The van der Waals surface area contributed by atoms with Gasteiger partial charge in [-0.3, -0.25) is 0 Å². The molecule has 4 atom stereocenters. The van der Waals surface area contributed by atoms with E-state index < -0.39 is 0 Å². The summed E-state index contributed by atoms with van der Waals surface area (Å²) < 4.78 is 11.1. The normalized spacial score (nSPS) is 33.9. The van der Waals surface area contributed by atoms with E-state index >= 15 is 0 Å². The Morgan fingerprint density at radius 2 is 1.94 bits per heavy atom. The van der Waals surface area contributed by atoms with E-state index in [2.05, 4.69) is 26.1 Å². The zero-order valence-electron chi connectivity index (χ0n) is 11.9. The molecule has 102 valence electrons. The predicted octanol–water partition coefficient (Wildman–Crippen LogP) is 2.45. The highest BCUT2D eigenvalue weighted by atomic mass is 16.5. The molecule has 0 aliphatic heterocycles. The largest absolute Gasteiger partial charge is 0.385 e.